The van der Waals surface area contributed by atoms with Gasteiger partial charge in [0.25, 0.3) is 0 Å². The molecular formula is C15H17FN2S. The van der Waals surface area contributed by atoms with E-state index in [4.69, 9.17) is 0 Å². The number of benzene rings is 1. The third kappa shape index (κ3) is 2.46. The van der Waals surface area contributed by atoms with Gasteiger partial charge in [0.05, 0.1) is 10.2 Å². The Morgan fingerprint density at radius 3 is 2.68 bits per heavy atom. The molecule has 1 N–H and O–H groups in total. The lowest BCUT2D eigenvalue weighted by Gasteiger charge is -2.15. The third-order valence-electron chi connectivity index (χ3n) is 4.29. The molecule has 0 radical (unpaired) electrons. The molecular weight excluding hydrogens is 259 g/mol. The Hall–Kier alpha value is -1.16. The van der Waals surface area contributed by atoms with E-state index in [1.54, 1.807) is 11.3 Å². The zero-order valence-electron chi connectivity index (χ0n) is 10.7. The van der Waals surface area contributed by atoms with Crippen LogP contribution < -0.4 is 5.32 Å². The molecule has 0 aliphatic heterocycles. The summed E-state index contributed by atoms with van der Waals surface area (Å²) in [5, 5.41) is 4.42. The van der Waals surface area contributed by atoms with Gasteiger partial charge in [0.15, 0.2) is 5.13 Å². The molecule has 100 valence electrons. The van der Waals surface area contributed by atoms with Crippen molar-refractivity contribution in [3.63, 3.8) is 0 Å². The Morgan fingerprint density at radius 1 is 1.26 bits per heavy atom. The first-order valence-corrected chi connectivity index (χ1v) is 7.91. The first-order chi connectivity index (χ1) is 9.29. The van der Waals surface area contributed by atoms with Crippen molar-refractivity contribution in [2.24, 2.45) is 17.8 Å². The normalized spacial score (nSPS) is 19.3. The summed E-state index contributed by atoms with van der Waals surface area (Å²) in [6, 6.07) is 4.82. The summed E-state index contributed by atoms with van der Waals surface area (Å²) in [6.07, 6.45) is 5.64. The van der Waals surface area contributed by atoms with Crippen molar-refractivity contribution in [3.8, 4) is 0 Å². The Labute approximate surface area is 116 Å². The molecule has 2 aliphatic rings. The van der Waals surface area contributed by atoms with Crippen molar-refractivity contribution >= 4 is 26.7 Å². The fourth-order valence-electron chi connectivity index (χ4n) is 2.95. The molecule has 0 bridgehead atoms. The van der Waals surface area contributed by atoms with Crippen LogP contribution in [0.1, 0.15) is 25.7 Å². The van der Waals surface area contributed by atoms with E-state index < -0.39 is 0 Å². The summed E-state index contributed by atoms with van der Waals surface area (Å²) < 4.78 is 14.2. The number of aromatic nitrogens is 1. The van der Waals surface area contributed by atoms with Gasteiger partial charge in [-0.05, 0) is 55.6 Å². The highest BCUT2D eigenvalue weighted by Crippen LogP contribution is 2.49. The second-order valence-corrected chi connectivity index (χ2v) is 6.88. The van der Waals surface area contributed by atoms with Gasteiger partial charge in [0, 0.05) is 12.6 Å². The summed E-state index contributed by atoms with van der Waals surface area (Å²) in [6.45, 7) is 1.04. The molecule has 4 heteroatoms. The Morgan fingerprint density at radius 2 is 2.00 bits per heavy atom. The van der Waals surface area contributed by atoms with E-state index in [9.17, 15) is 4.39 Å². The maximum atomic E-state index is 13.1. The standard InChI is InChI=1S/C15H17FN2S/c16-11-5-6-14-13(7-11)18-15(19-14)17-8-12(9-1-2-9)10-3-4-10/h5-7,9-10,12H,1-4,8H2,(H,17,18). The van der Waals surface area contributed by atoms with E-state index in [-0.39, 0.29) is 5.82 Å². The van der Waals surface area contributed by atoms with Crippen molar-refractivity contribution < 1.29 is 4.39 Å². The molecule has 1 aromatic heterocycles. The highest BCUT2D eigenvalue weighted by atomic mass is 32.1. The monoisotopic (exact) mass is 276 g/mol. The van der Waals surface area contributed by atoms with Gasteiger partial charge in [-0.25, -0.2) is 9.37 Å². The van der Waals surface area contributed by atoms with Gasteiger partial charge in [0.1, 0.15) is 5.82 Å². The molecule has 0 amide bonds. The van der Waals surface area contributed by atoms with Crippen molar-refractivity contribution in [3.05, 3.63) is 24.0 Å². The highest BCUT2D eigenvalue weighted by molar-refractivity contribution is 7.22. The molecule has 2 aromatic rings. The zero-order chi connectivity index (χ0) is 12.8. The van der Waals surface area contributed by atoms with E-state index in [2.05, 4.69) is 10.3 Å². The SMILES string of the molecule is Fc1ccc2sc(NCC(C3CC3)C3CC3)nc2c1. The molecule has 4 rings (SSSR count). The summed E-state index contributed by atoms with van der Waals surface area (Å²) in [7, 11) is 0. The van der Waals surface area contributed by atoms with E-state index in [1.807, 2.05) is 6.07 Å². The lowest BCUT2D eigenvalue weighted by atomic mass is 9.98. The first kappa shape index (κ1) is 11.6. The topological polar surface area (TPSA) is 24.9 Å². The molecule has 2 saturated carbocycles. The average Bonchev–Trinajstić information content (AvgIpc) is 3.28. The minimum atomic E-state index is -0.210. The minimum Gasteiger partial charge on any atom is -0.361 e. The molecule has 19 heavy (non-hydrogen) atoms. The molecule has 0 saturated heterocycles. The van der Waals surface area contributed by atoms with Gasteiger partial charge in [-0.1, -0.05) is 11.3 Å². The van der Waals surface area contributed by atoms with E-state index >= 15 is 0 Å². The number of halogens is 1. The van der Waals surface area contributed by atoms with Crippen molar-refractivity contribution in [2.45, 2.75) is 25.7 Å². The Bertz CT molecular complexity index is 589. The molecule has 0 unspecified atom stereocenters. The summed E-state index contributed by atoms with van der Waals surface area (Å²) in [5.41, 5.74) is 0.766. The number of nitrogens with zero attached hydrogens (tertiary/aromatic N) is 1. The summed E-state index contributed by atoms with van der Waals surface area (Å²) >= 11 is 1.62. The Kier molecular flexibility index (Phi) is 2.72. The number of nitrogens with one attached hydrogen (secondary N) is 1. The minimum absolute atomic E-state index is 0.210. The molecule has 2 nitrogen and oxygen atoms in total. The van der Waals surface area contributed by atoms with Gasteiger partial charge in [-0.3, -0.25) is 0 Å². The van der Waals surface area contributed by atoms with Crippen LogP contribution in [0.3, 0.4) is 0 Å². The number of hydrogen-bond donors (Lipinski definition) is 1. The Balaban J connectivity index is 1.48. The van der Waals surface area contributed by atoms with Crippen LogP contribution >= 0.6 is 11.3 Å². The van der Waals surface area contributed by atoms with Gasteiger partial charge in [-0.2, -0.15) is 0 Å². The first-order valence-electron chi connectivity index (χ1n) is 7.09. The van der Waals surface area contributed by atoms with E-state index in [1.165, 1.54) is 37.8 Å². The number of fused-ring (bicyclic) bond motifs is 1. The summed E-state index contributed by atoms with van der Waals surface area (Å²) in [4.78, 5) is 4.47. The van der Waals surface area contributed by atoms with Crippen LogP contribution in [0.4, 0.5) is 9.52 Å². The summed E-state index contributed by atoms with van der Waals surface area (Å²) in [5.74, 6) is 2.53. The number of thiazole rings is 1. The zero-order valence-corrected chi connectivity index (χ0v) is 11.5. The molecule has 1 heterocycles. The van der Waals surface area contributed by atoms with Crippen LogP contribution in [0.5, 0.6) is 0 Å². The molecule has 0 atom stereocenters. The number of rotatable bonds is 5. The molecule has 2 aliphatic carbocycles. The van der Waals surface area contributed by atoms with E-state index in [0.717, 1.165) is 39.6 Å². The third-order valence-corrected chi connectivity index (χ3v) is 5.29. The average molecular weight is 276 g/mol. The predicted octanol–water partition coefficient (Wildman–Crippen LogP) is 4.28. The van der Waals surface area contributed by atoms with Crippen LogP contribution in [0.2, 0.25) is 0 Å². The smallest absolute Gasteiger partial charge is 0.183 e. The second kappa shape index (κ2) is 4.44. The van der Waals surface area contributed by atoms with Crippen molar-refractivity contribution in [1.29, 1.82) is 0 Å². The van der Waals surface area contributed by atoms with Crippen LogP contribution in [-0.2, 0) is 0 Å². The fraction of sp³-hybridized carbons (Fsp3) is 0.533. The fourth-order valence-corrected chi connectivity index (χ4v) is 3.80. The van der Waals surface area contributed by atoms with Crippen molar-refractivity contribution in [2.75, 3.05) is 11.9 Å². The molecule has 2 fully saturated rings. The van der Waals surface area contributed by atoms with Gasteiger partial charge in [-0.15, -0.1) is 0 Å². The van der Waals surface area contributed by atoms with Crippen molar-refractivity contribution in [1.82, 2.24) is 4.98 Å². The van der Waals surface area contributed by atoms with Gasteiger partial charge >= 0.3 is 0 Å². The highest BCUT2D eigenvalue weighted by Gasteiger charge is 2.41. The van der Waals surface area contributed by atoms with Crippen LogP contribution in [0.15, 0.2) is 18.2 Å². The predicted molar refractivity (Wildman–Crippen MR) is 77.0 cm³/mol. The maximum Gasteiger partial charge on any atom is 0.183 e. The van der Waals surface area contributed by atoms with Gasteiger partial charge < -0.3 is 5.32 Å². The van der Waals surface area contributed by atoms with Crippen LogP contribution in [0.25, 0.3) is 10.2 Å². The van der Waals surface area contributed by atoms with Crippen LogP contribution in [-0.4, -0.2) is 11.5 Å². The van der Waals surface area contributed by atoms with E-state index in [0.29, 0.717) is 0 Å². The number of hydrogen-bond acceptors (Lipinski definition) is 3. The maximum absolute atomic E-state index is 13.1. The largest absolute Gasteiger partial charge is 0.361 e. The lowest BCUT2D eigenvalue weighted by molar-refractivity contribution is 0.428. The van der Waals surface area contributed by atoms with Crippen LogP contribution in [0, 0.1) is 23.6 Å². The quantitative estimate of drug-likeness (QED) is 0.881. The van der Waals surface area contributed by atoms with Gasteiger partial charge in [0.2, 0.25) is 0 Å². The molecule has 0 spiro atoms. The number of anilines is 1. The lowest BCUT2D eigenvalue weighted by Crippen LogP contribution is -2.18. The second-order valence-electron chi connectivity index (χ2n) is 5.85. The molecule has 1 aromatic carbocycles.